The van der Waals surface area contributed by atoms with E-state index in [2.05, 4.69) is 27.1 Å². The number of benzene rings is 1. The van der Waals surface area contributed by atoms with E-state index in [1.54, 1.807) is 0 Å². The number of hydrogen-bond donors (Lipinski definition) is 0. The third-order valence-corrected chi connectivity index (χ3v) is 1.98. The van der Waals surface area contributed by atoms with E-state index in [0.717, 1.165) is 10.0 Å². The molecule has 0 aliphatic carbocycles. The average molecular weight is 227 g/mol. The first-order chi connectivity index (χ1) is 5.33. The van der Waals surface area contributed by atoms with E-state index in [4.69, 9.17) is 0 Å². The minimum atomic E-state index is 1.06. The molecule has 0 unspecified atom stereocenters. The summed E-state index contributed by atoms with van der Waals surface area (Å²) in [5.74, 6) is 3.01. The molecule has 0 N–H and O–H groups in total. The van der Waals surface area contributed by atoms with Gasteiger partial charge in [-0.15, -0.1) is 0 Å². The van der Waals surface area contributed by atoms with E-state index in [1.807, 2.05) is 30.5 Å². The second-order valence-corrected chi connectivity index (χ2v) is 3.47. The molecule has 56 valence electrons. The van der Waals surface area contributed by atoms with Crippen LogP contribution in [0.25, 0.3) is 0 Å². The van der Waals surface area contributed by atoms with Crippen molar-refractivity contribution in [3.63, 3.8) is 0 Å². The summed E-state index contributed by atoms with van der Waals surface area (Å²) in [6.07, 6.45) is 1.96. The van der Waals surface area contributed by atoms with Crippen molar-refractivity contribution >= 4 is 27.7 Å². The normalized spacial score (nSPS) is 8.55. The van der Waals surface area contributed by atoms with E-state index in [0.29, 0.717) is 0 Å². The Morgan fingerprint density at radius 2 is 1.91 bits per heavy atom. The Morgan fingerprint density at radius 3 is 2.45 bits per heavy atom. The van der Waals surface area contributed by atoms with E-state index in [-0.39, 0.29) is 0 Å². The van der Waals surface area contributed by atoms with Gasteiger partial charge in [-0.25, -0.2) is 0 Å². The molecule has 0 amide bonds. The van der Waals surface area contributed by atoms with Gasteiger partial charge >= 0.3 is 0 Å². The van der Waals surface area contributed by atoms with Crippen molar-refractivity contribution in [1.82, 2.24) is 0 Å². The Morgan fingerprint density at radius 1 is 1.27 bits per heavy atom. The minimum Gasteiger partial charge on any atom is -0.0781 e. The highest BCUT2D eigenvalue weighted by atomic mass is 79.9. The Bertz CT molecular complexity index is 279. The summed E-state index contributed by atoms with van der Waals surface area (Å²) < 4.78 is 1.09. The van der Waals surface area contributed by atoms with Crippen LogP contribution in [0.15, 0.2) is 28.7 Å². The monoisotopic (exact) mass is 226 g/mol. The number of rotatable bonds is 0. The van der Waals surface area contributed by atoms with E-state index in [1.165, 1.54) is 11.8 Å². The zero-order valence-corrected chi connectivity index (χ0v) is 8.50. The van der Waals surface area contributed by atoms with Gasteiger partial charge in [-0.1, -0.05) is 33.6 Å². The fraction of sp³-hybridized carbons (Fsp3) is 0.111. The van der Waals surface area contributed by atoms with Gasteiger partial charge in [0.2, 0.25) is 0 Å². The summed E-state index contributed by atoms with van der Waals surface area (Å²) in [6, 6.07) is 7.97. The summed E-state index contributed by atoms with van der Waals surface area (Å²) in [5, 5.41) is 2.94. The van der Waals surface area contributed by atoms with Gasteiger partial charge in [-0.05, 0) is 35.8 Å². The molecule has 0 aromatic heterocycles. The van der Waals surface area contributed by atoms with Gasteiger partial charge in [0, 0.05) is 10.0 Å². The van der Waals surface area contributed by atoms with Crippen molar-refractivity contribution in [2.75, 3.05) is 6.26 Å². The van der Waals surface area contributed by atoms with E-state index < -0.39 is 0 Å². The zero-order valence-electron chi connectivity index (χ0n) is 6.10. The van der Waals surface area contributed by atoms with Crippen molar-refractivity contribution in [1.29, 1.82) is 0 Å². The molecule has 0 fully saturated rings. The zero-order chi connectivity index (χ0) is 8.10. The first-order valence-corrected chi connectivity index (χ1v) is 5.14. The van der Waals surface area contributed by atoms with Crippen LogP contribution in [0.4, 0.5) is 0 Å². The van der Waals surface area contributed by atoms with Crippen molar-refractivity contribution in [2.45, 2.75) is 0 Å². The van der Waals surface area contributed by atoms with Gasteiger partial charge in [0.15, 0.2) is 0 Å². The third-order valence-electron chi connectivity index (χ3n) is 1.14. The van der Waals surface area contributed by atoms with Crippen molar-refractivity contribution in [3.05, 3.63) is 34.3 Å². The van der Waals surface area contributed by atoms with Crippen LogP contribution in [0.5, 0.6) is 0 Å². The fourth-order valence-electron chi connectivity index (χ4n) is 0.643. The molecule has 0 aliphatic heterocycles. The second-order valence-electron chi connectivity index (χ2n) is 1.94. The van der Waals surface area contributed by atoms with Gasteiger partial charge in [0.25, 0.3) is 0 Å². The topological polar surface area (TPSA) is 0 Å². The third kappa shape index (κ3) is 3.00. The molecule has 0 nitrogen and oxygen atoms in total. The van der Waals surface area contributed by atoms with Crippen LogP contribution in [-0.4, -0.2) is 6.26 Å². The molecule has 0 saturated carbocycles. The van der Waals surface area contributed by atoms with Gasteiger partial charge < -0.3 is 0 Å². The molecule has 0 aliphatic rings. The maximum atomic E-state index is 3.36. The van der Waals surface area contributed by atoms with Gasteiger partial charge in [-0.3, -0.25) is 0 Å². The highest BCUT2D eigenvalue weighted by Gasteiger charge is 1.85. The molecule has 0 heterocycles. The van der Waals surface area contributed by atoms with Crippen LogP contribution < -0.4 is 0 Å². The molecule has 0 saturated heterocycles. The maximum absolute atomic E-state index is 3.36. The van der Waals surface area contributed by atoms with Crippen LogP contribution in [0.1, 0.15) is 5.56 Å². The van der Waals surface area contributed by atoms with E-state index >= 15 is 0 Å². The van der Waals surface area contributed by atoms with E-state index in [9.17, 15) is 0 Å². The summed E-state index contributed by atoms with van der Waals surface area (Å²) in [6.45, 7) is 0. The van der Waals surface area contributed by atoms with Crippen LogP contribution in [0.2, 0.25) is 0 Å². The highest BCUT2D eigenvalue weighted by Crippen LogP contribution is 2.09. The lowest BCUT2D eigenvalue weighted by atomic mass is 10.2. The molecular formula is C9H7BrS. The summed E-state index contributed by atoms with van der Waals surface area (Å²) in [7, 11) is 0. The summed E-state index contributed by atoms with van der Waals surface area (Å²) in [4.78, 5) is 0. The van der Waals surface area contributed by atoms with Crippen LogP contribution in [0, 0.1) is 11.2 Å². The Balaban J connectivity index is 2.82. The lowest BCUT2D eigenvalue weighted by Crippen LogP contribution is -1.70. The van der Waals surface area contributed by atoms with Crippen LogP contribution >= 0.6 is 27.7 Å². The van der Waals surface area contributed by atoms with Crippen LogP contribution in [0.3, 0.4) is 0 Å². The molecule has 0 radical (unpaired) electrons. The predicted molar refractivity (Wildman–Crippen MR) is 54.5 cm³/mol. The van der Waals surface area contributed by atoms with Crippen molar-refractivity contribution in [2.24, 2.45) is 0 Å². The Kier molecular flexibility index (Phi) is 3.55. The predicted octanol–water partition coefficient (Wildman–Crippen LogP) is 3.12. The standard InChI is InChI=1S/C9H7BrS/c1-11-7-6-8-2-4-9(10)5-3-8/h2-5H,1H3. The molecule has 0 atom stereocenters. The smallest absolute Gasteiger partial charge is 0.0255 e. The number of halogens is 1. The quantitative estimate of drug-likeness (QED) is 0.613. The molecule has 1 aromatic carbocycles. The van der Waals surface area contributed by atoms with Crippen molar-refractivity contribution < 1.29 is 0 Å². The number of hydrogen-bond acceptors (Lipinski definition) is 1. The Labute approximate surface area is 79.5 Å². The largest absolute Gasteiger partial charge is 0.0781 e. The van der Waals surface area contributed by atoms with Crippen molar-refractivity contribution in [3.8, 4) is 11.2 Å². The first-order valence-electron chi connectivity index (χ1n) is 3.12. The number of thioether (sulfide) groups is 1. The first kappa shape index (κ1) is 8.70. The SMILES string of the molecule is CSC#Cc1ccc(Br)cc1. The summed E-state index contributed by atoms with van der Waals surface area (Å²) in [5.41, 5.74) is 1.06. The Hall–Kier alpha value is -0.390. The second kappa shape index (κ2) is 4.48. The summed E-state index contributed by atoms with van der Waals surface area (Å²) >= 11 is 4.89. The van der Waals surface area contributed by atoms with Gasteiger partial charge in [0.1, 0.15) is 0 Å². The molecular weight excluding hydrogens is 220 g/mol. The van der Waals surface area contributed by atoms with Gasteiger partial charge in [-0.2, -0.15) is 0 Å². The lowest BCUT2D eigenvalue weighted by Gasteiger charge is -1.88. The minimum absolute atomic E-state index is 1.06. The molecule has 2 heteroatoms. The molecule has 1 aromatic rings. The maximum Gasteiger partial charge on any atom is 0.0255 e. The molecule has 1 rings (SSSR count). The average Bonchev–Trinajstić information content (AvgIpc) is 2.04. The lowest BCUT2D eigenvalue weighted by molar-refractivity contribution is 1.61. The van der Waals surface area contributed by atoms with Crippen LogP contribution in [-0.2, 0) is 0 Å². The molecule has 11 heavy (non-hydrogen) atoms. The molecule has 0 spiro atoms. The molecule has 0 bridgehead atoms. The van der Waals surface area contributed by atoms with Gasteiger partial charge in [0.05, 0.1) is 0 Å². The fourth-order valence-corrected chi connectivity index (χ4v) is 1.13. The highest BCUT2D eigenvalue weighted by molar-refractivity contribution is 9.10.